The Balaban J connectivity index is 2.63. The van der Waals surface area contributed by atoms with Crippen LogP contribution in [-0.4, -0.2) is 42.2 Å². The van der Waals surface area contributed by atoms with E-state index in [-0.39, 0.29) is 24.9 Å². The number of aliphatic hydroxyl groups excluding tert-OH is 1. The van der Waals surface area contributed by atoms with Crippen molar-refractivity contribution in [3.05, 3.63) is 10.4 Å². The number of rotatable bonds is 4. The van der Waals surface area contributed by atoms with E-state index in [0.717, 1.165) is 0 Å². The van der Waals surface area contributed by atoms with Gasteiger partial charge in [0.2, 0.25) is 0 Å². The highest BCUT2D eigenvalue weighted by Gasteiger charge is 2.42. The van der Waals surface area contributed by atoms with Crippen LogP contribution in [0.5, 0.6) is 0 Å². The van der Waals surface area contributed by atoms with E-state index in [2.05, 4.69) is 10.0 Å². The lowest BCUT2D eigenvalue weighted by Gasteiger charge is -2.22. The second-order valence-corrected chi connectivity index (χ2v) is 3.93. The zero-order valence-electron chi connectivity index (χ0n) is 9.20. The van der Waals surface area contributed by atoms with Gasteiger partial charge in [-0.1, -0.05) is 5.11 Å². The van der Waals surface area contributed by atoms with E-state index in [4.69, 9.17) is 15.0 Å². The van der Waals surface area contributed by atoms with Gasteiger partial charge in [0.05, 0.1) is 24.9 Å². The van der Waals surface area contributed by atoms with Gasteiger partial charge in [-0.3, -0.25) is 0 Å². The van der Waals surface area contributed by atoms with Crippen molar-refractivity contribution in [3.8, 4) is 0 Å². The van der Waals surface area contributed by atoms with Crippen LogP contribution in [0.25, 0.3) is 10.4 Å². The maximum Gasteiger partial charge on any atom is 0.112 e. The third-order valence-electron chi connectivity index (χ3n) is 2.33. The van der Waals surface area contributed by atoms with Crippen LogP contribution in [0.2, 0.25) is 0 Å². The van der Waals surface area contributed by atoms with Crippen LogP contribution in [0.4, 0.5) is 0 Å². The predicted octanol–water partition coefficient (Wildman–Crippen LogP) is 1.24. The monoisotopic (exact) mass is 215 g/mol. The van der Waals surface area contributed by atoms with Crippen LogP contribution in [-0.2, 0) is 9.47 Å². The fraction of sp³-hybridized carbons (Fsp3) is 1.00. The largest absolute Gasteiger partial charge is 0.388 e. The van der Waals surface area contributed by atoms with Gasteiger partial charge in [0.15, 0.2) is 0 Å². The smallest absolute Gasteiger partial charge is 0.112 e. The zero-order valence-corrected chi connectivity index (χ0v) is 9.20. The molecule has 0 bridgehead atoms. The van der Waals surface area contributed by atoms with Crippen molar-refractivity contribution < 1.29 is 14.6 Å². The van der Waals surface area contributed by atoms with E-state index in [0.29, 0.717) is 0 Å². The highest BCUT2D eigenvalue weighted by Crippen LogP contribution is 2.25. The maximum absolute atomic E-state index is 9.79. The average Bonchev–Trinajstić information content (AvgIpc) is 2.42. The normalized spacial score (nSPS) is 35.5. The molecule has 86 valence electrons. The second kappa shape index (κ2) is 5.32. The van der Waals surface area contributed by atoms with Gasteiger partial charge in [-0.15, -0.1) is 0 Å². The Kier molecular flexibility index (Phi) is 4.35. The summed E-state index contributed by atoms with van der Waals surface area (Å²) in [7, 11) is 0. The Morgan fingerprint density at radius 1 is 1.60 bits per heavy atom. The minimum atomic E-state index is -0.661. The Morgan fingerprint density at radius 3 is 2.80 bits per heavy atom. The van der Waals surface area contributed by atoms with Crippen molar-refractivity contribution >= 4 is 0 Å². The quantitative estimate of drug-likeness (QED) is 0.434. The molecule has 0 aliphatic carbocycles. The molecule has 1 unspecified atom stereocenters. The number of ether oxygens (including phenoxy) is 2. The first-order valence-electron chi connectivity index (χ1n) is 5.06. The molecule has 1 fully saturated rings. The maximum atomic E-state index is 9.79. The van der Waals surface area contributed by atoms with E-state index >= 15 is 0 Å². The number of nitrogens with zero attached hydrogens (tertiary/aromatic N) is 3. The topological polar surface area (TPSA) is 87.5 Å². The molecule has 1 aliphatic rings. The van der Waals surface area contributed by atoms with E-state index in [1.807, 2.05) is 13.8 Å². The molecule has 0 radical (unpaired) electrons. The number of azide groups is 1. The zero-order chi connectivity index (χ0) is 11.4. The lowest BCUT2D eigenvalue weighted by molar-refractivity contribution is -0.0633. The summed E-state index contributed by atoms with van der Waals surface area (Å²) in [5.74, 6) is 0. The summed E-state index contributed by atoms with van der Waals surface area (Å²) in [4.78, 5) is 2.67. The van der Waals surface area contributed by atoms with Gasteiger partial charge in [-0.2, -0.15) is 0 Å². The van der Waals surface area contributed by atoms with E-state index in [1.165, 1.54) is 0 Å². The molecule has 0 aromatic rings. The van der Waals surface area contributed by atoms with Crippen molar-refractivity contribution in [2.75, 3.05) is 6.54 Å². The molecule has 6 heteroatoms. The molecular weight excluding hydrogens is 198 g/mol. The third-order valence-corrected chi connectivity index (χ3v) is 2.33. The number of hydrogen-bond acceptors (Lipinski definition) is 4. The van der Waals surface area contributed by atoms with Crippen LogP contribution < -0.4 is 0 Å². The number of aliphatic hydroxyl groups is 1. The molecule has 1 aliphatic heterocycles. The third kappa shape index (κ3) is 3.07. The average molecular weight is 215 g/mol. The fourth-order valence-electron chi connectivity index (χ4n) is 1.67. The van der Waals surface area contributed by atoms with Gasteiger partial charge in [-0.25, -0.2) is 0 Å². The highest BCUT2D eigenvalue weighted by molar-refractivity contribution is 4.91. The Labute approximate surface area is 88.8 Å². The van der Waals surface area contributed by atoms with Crippen molar-refractivity contribution in [2.24, 2.45) is 5.11 Å². The highest BCUT2D eigenvalue weighted by atomic mass is 16.6. The van der Waals surface area contributed by atoms with Crippen molar-refractivity contribution in [1.29, 1.82) is 0 Å². The fourth-order valence-corrected chi connectivity index (χ4v) is 1.67. The van der Waals surface area contributed by atoms with Crippen molar-refractivity contribution in [1.82, 2.24) is 0 Å². The SMILES string of the molecule is CC(C)OC1[C@@H](CN=[N+]=[N-])O[C@@H](C)[C@H]1O. The molecular formula is C9H17N3O3. The van der Waals surface area contributed by atoms with E-state index in [1.54, 1.807) is 6.92 Å². The Bertz CT molecular complexity index is 253. The second-order valence-electron chi connectivity index (χ2n) is 3.93. The molecule has 0 amide bonds. The van der Waals surface area contributed by atoms with Gasteiger partial charge in [0.1, 0.15) is 12.2 Å². The molecule has 1 rings (SSSR count). The first-order chi connectivity index (χ1) is 7.06. The molecule has 1 saturated heterocycles. The number of hydrogen-bond donors (Lipinski definition) is 1. The van der Waals surface area contributed by atoms with Crippen molar-refractivity contribution in [2.45, 2.75) is 51.3 Å². The van der Waals surface area contributed by atoms with Gasteiger partial charge in [0, 0.05) is 4.91 Å². The first kappa shape index (κ1) is 12.3. The molecule has 0 saturated carbocycles. The Hall–Kier alpha value is -0.810. The molecule has 15 heavy (non-hydrogen) atoms. The summed E-state index contributed by atoms with van der Waals surface area (Å²) in [6.45, 7) is 5.74. The van der Waals surface area contributed by atoms with Gasteiger partial charge in [0.25, 0.3) is 0 Å². The summed E-state index contributed by atoms with van der Waals surface area (Å²) >= 11 is 0. The van der Waals surface area contributed by atoms with E-state index in [9.17, 15) is 5.11 Å². The molecule has 0 aromatic heterocycles. The molecule has 0 aromatic carbocycles. The molecule has 1 N–H and O–H groups in total. The summed E-state index contributed by atoms with van der Waals surface area (Å²) in [5, 5.41) is 13.2. The lowest BCUT2D eigenvalue weighted by atomic mass is 10.1. The summed E-state index contributed by atoms with van der Waals surface area (Å²) in [6, 6.07) is 0. The Morgan fingerprint density at radius 2 is 2.27 bits per heavy atom. The van der Waals surface area contributed by atoms with Gasteiger partial charge < -0.3 is 14.6 Å². The molecule has 1 heterocycles. The van der Waals surface area contributed by atoms with Crippen LogP contribution in [0, 0.1) is 0 Å². The standard InChI is InChI=1S/C9H17N3O3/c1-5(2)14-9-7(4-11-12-10)15-6(3)8(9)13/h5-9,13H,4H2,1-3H3/t6-,7+,8+,9?/m0/s1. The molecule has 4 atom stereocenters. The lowest BCUT2D eigenvalue weighted by Crippen LogP contribution is -2.37. The van der Waals surface area contributed by atoms with Crippen LogP contribution in [0.1, 0.15) is 20.8 Å². The van der Waals surface area contributed by atoms with Crippen LogP contribution >= 0.6 is 0 Å². The molecule has 0 spiro atoms. The van der Waals surface area contributed by atoms with Gasteiger partial charge >= 0.3 is 0 Å². The van der Waals surface area contributed by atoms with Gasteiger partial charge in [-0.05, 0) is 26.3 Å². The summed E-state index contributed by atoms with van der Waals surface area (Å²) in [5.41, 5.74) is 8.23. The predicted molar refractivity (Wildman–Crippen MR) is 54.4 cm³/mol. The summed E-state index contributed by atoms with van der Waals surface area (Å²) in [6.07, 6.45) is -1.70. The minimum Gasteiger partial charge on any atom is -0.388 e. The first-order valence-corrected chi connectivity index (χ1v) is 5.06. The van der Waals surface area contributed by atoms with Crippen molar-refractivity contribution in [3.63, 3.8) is 0 Å². The van der Waals surface area contributed by atoms with E-state index < -0.39 is 12.2 Å². The van der Waals surface area contributed by atoms with Crippen LogP contribution in [0.3, 0.4) is 0 Å². The minimum absolute atomic E-state index is 0.00659. The molecule has 6 nitrogen and oxygen atoms in total. The van der Waals surface area contributed by atoms with Crippen LogP contribution in [0.15, 0.2) is 5.11 Å². The summed E-state index contributed by atoms with van der Waals surface area (Å²) < 4.78 is 11.0.